The summed E-state index contributed by atoms with van der Waals surface area (Å²) >= 11 is 0. The van der Waals surface area contributed by atoms with Crippen LogP contribution in [0.4, 0.5) is 0 Å². The Bertz CT molecular complexity index is 391. The summed E-state index contributed by atoms with van der Waals surface area (Å²) in [5, 5.41) is 8.19. The summed E-state index contributed by atoms with van der Waals surface area (Å²) in [6, 6.07) is 0. The molecule has 0 aromatic carbocycles. The topological polar surface area (TPSA) is 60.0 Å². The number of nitrogens with two attached hydrogens (primary N) is 1. The van der Waals surface area contributed by atoms with Crippen LogP contribution in [0.15, 0.2) is 6.33 Å². The largest absolute Gasteiger partial charge is 0.329 e. The van der Waals surface area contributed by atoms with Crippen LogP contribution in [0.2, 0.25) is 0 Å². The minimum atomic E-state index is 0.206. The molecule has 0 amide bonds. The minimum Gasteiger partial charge on any atom is -0.329 e. The van der Waals surface area contributed by atoms with Crippen molar-refractivity contribution in [2.45, 2.75) is 44.8 Å². The van der Waals surface area contributed by atoms with Crippen molar-refractivity contribution in [1.29, 1.82) is 0 Å². The van der Waals surface area contributed by atoms with Gasteiger partial charge in [-0.3, -0.25) is 4.90 Å². The van der Waals surface area contributed by atoms with Gasteiger partial charge in [0.1, 0.15) is 12.2 Å². The number of aromatic nitrogens is 3. The second-order valence-corrected chi connectivity index (χ2v) is 5.30. The van der Waals surface area contributed by atoms with E-state index in [1.165, 1.54) is 12.8 Å². The van der Waals surface area contributed by atoms with Gasteiger partial charge in [0.2, 0.25) is 0 Å². The van der Waals surface area contributed by atoms with E-state index in [9.17, 15) is 0 Å². The molecule has 17 heavy (non-hydrogen) atoms. The maximum atomic E-state index is 6.10. The Morgan fingerprint density at radius 1 is 1.47 bits per heavy atom. The standard InChI is InChI=1S/C12H21N5/c1-2-12(8-13,10-3-4-10)17-6-5-16-9-14-15-11(16)7-17/h9-10H,2-8,13H2,1H3. The van der Waals surface area contributed by atoms with E-state index in [-0.39, 0.29) is 5.54 Å². The van der Waals surface area contributed by atoms with Gasteiger partial charge in [0.05, 0.1) is 6.54 Å². The molecule has 0 spiro atoms. The van der Waals surface area contributed by atoms with Crippen molar-refractivity contribution in [2.75, 3.05) is 13.1 Å². The van der Waals surface area contributed by atoms with Crippen molar-refractivity contribution < 1.29 is 0 Å². The highest BCUT2D eigenvalue weighted by Gasteiger charge is 2.47. The zero-order valence-electron chi connectivity index (χ0n) is 10.5. The molecule has 0 bridgehead atoms. The Balaban J connectivity index is 1.84. The van der Waals surface area contributed by atoms with Crippen LogP contribution in [-0.2, 0) is 13.1 Å². The lowest BCUT2D eigenvalue weighted by atomic mass is 9.87. The number of hydrogen-bond acceptors (Lipinski definition) is 4. The van der Waals surface area contributed by atoms with Crippen LogP contribution in [0.5, 0.6) is 0 Å². The van der Waals surface area contributed by atoms with Crippen molar-refractivity contribution >= 4 is 0 Å². The molecule has 1 aromatic heterocycles. The predicted octanol–water partition coefficient (Wildman–Crippen LogP) is 0.611. The highest BCUT2D eigenvalue weighted by molar-refractivity contribution is 5.05. The molecule has 2 aliphatic rings. The van der Waals surface area contributed by atoms with Gasteiger partial charge in [-0.2, -0.15) is 0 Å². The van der Waals surface area contributed by atoms with Gasteiger partial charge in [-0.1, -0.05) is 6.92 Å². The molecule has 3 rings (SSSR count). The number of hydrogen-bond donors (Lipinski definition) is 1. The van der Waals surface area contributed by atoms with Gasteiger partial charge >= 0.3 is 0 Å². The molecule has 5 nitrogen and oxygen atoms in total. The fraction of sp³-hybridized carbons (Fsp3) is 0.833. The van der Waals surface area contributed by atoms with Gasteiger partial charge in [-0.25, -0.2) is 0 Å². The average molecular weight is 235 g/mol. The summed E-state index contributed by atoms with van der Waals surface area (Å²) in [5.41, 5.74) is 6.31. The summed E-state index contributed by atoms with van der Waals surface area (Å²) < 4.78 is 2.15. The second kappa shape index (κ2) is 4.07. The van der Waals surface area contributed by atoms with Crippen LogP contribution >= 0.6 is 0 Å². The molecule has 0 saturated heterocycles. The maximum absolute atomic E-state index is 6.10. The number of rotatable bonds is 4. The summed E-state index contributed by atoms with van der Waals surface area (Å²) in [7, 11) is 0. The summed E-state index contributed by atoms with van der Waals surface area (Å²) in [6.07, 6.45) is 5.66. The molecule has 5 heteroatoms. The molecular formula is C12H21N5. The lowest BCUT2D eigenvalue weighted by molar-refractivity contribution is 0.0409. The molecule has 1 aromatic rings. The van der Waals surface area contributed by atoms with Crippen molar-refractivity contribution in [3.63, 3.8) is 0 Å². The normalized spacial score (nSPS) is 24.4. The molecule has 2 N–H and O–H groups in total. The molecule has 94 valence electrons. The Morgan fingerprint density at radius 2 is 2.29 bits per heavy atom. The van der Waals surface area contributed by atoms with E-state index < -0.39 is 0 Å². The quantitative estimate of drug-likeness (QED) is 0.830. The lowest BCUT2D eigenvalue weighted by Gasteiger charge is -2.45. The van der Waals surface area contributed by atoms with E-state index in [1.54, 1.807) is 0 Å². The summed E-state index contributed by atoms with van der Waals surface area (Å²) in [6.45, 7) is 6.01. The first-order valence-electron chi connectivity index (χ1n) is 6.62. The molecule has 1 aliphatic carbocycles. The molecular weight excluding hydrogens is 214 g/mol. The zero-order chi connectivity index (χ0) is 11.9. The van der Waals surface area contributed by atoms with Crippen LogP contribution in [0.1, 0.15) is 32.0 Å². The number of fused-ring (bicyclic) bond motifs is 1. The first-order chi connectivity index (χ1) is 8.30. The third kappa shape index (κ3) is 1.68. The Morgan fingerprint density at radius 3 is 2.94 bits per heavy atom. The monoisotopic (exact) mass is 235 g/mol. The molecule has 2 heterocycles. The SMILES string of the molecule is CCC(CN)(C1CC1)N1CCn2cnnc2C1. The van der Waals surface area contributed by atoms with E-state index in [0.29, 0.717) is 0 Å². The number of nitrogens with zero attached hydrogens (tertiary/aromatic N) is 4. The highest BCUT2D eigenvalue weighted by Crippen LogP contribution is 2.45. The van der Waals surface area contributed by atoms with Gasteiger partial charge in [0.15, 0.2) is 0 Å². The Hall–Kier alpha value is -0.940. The van der Waals surface area contributed by atoms with Crippen molar-refractivity contribution in [3.05, 3.63) is 12.2 Å². The maximum Gasteiger partial charge on any atom is 0.147 e. The van der Waals surface area contributed by atoms with E-state index in [0.717, 1.165) is 44.3 Å². The molecule has 1 unspecified atom stereocenters. The van der Waals surface area contributed by atoms with Crippen LogP contribution in [0.3, 0.4) is 0 Å². The third-order valence-electron chi connectivity index (χ3n) is 4.57. The summed E-state index contributed by atoms with van der Waals surface area (Å²) in [4.78, 5) is 2.55. The highest BCUT2D eigenvalue weighted by atomic mass is 15.3. The summed E-state index contributed by atoms with van der Waals surface area (Å²) in [5.74, 6) is 1.88. The fourth-order valence-corrected chi connectivity index (χ4v) is 3.28. The van der Waals surface area contributed by atoms with Crippen molar-refractivity contribution in [3.8, 4) is 0 Å². The van der Waals surface area contributed by atoms with E-state index in [1.807, 2.05) is 6.33 Å². The molecule has 1 atom stereocenters. The smallest absolute Gasteiger partial charge is 0.147 e. The first kappa shape index (κ1) is 11.2. The minimum absolute atomic E-state index is 0.206. The van der Waals surface area contributed by atoms with E-state index >= 15 is 0 Å². The van der Waals surface area contributed by atoms with Crippen LogP contribution in [0, 0.1) is 5.92 Å². The van der Waals surface area contributed by atoms with Crippen LogP contribution < -0.4 is 5.73 Å². The first-order valence-corrected chi connectivity index (χ1v) is 6.62. The Labute approximate surface area is 102 Å². The molecule has 0 radical (unpaired) electrons. The molecule has 1 saturated carbocycles. The second-order valence-electron chi connectivity index (χ2n) is 5.30. The van der Waals surface area contributed by atoms with Gasteiger partial charge in [0, 0.05) is 25.2 Å². The lowest BCUT2D eigenvalue weighted by Crippen LogP contribution is -2.57. The zero-order valence-corrected chi connectivity index (χ0v) is 10.5. The average Bonchev–Trinajstić information content (AvgIpc) is 3.10. The Kier molecular flexibility index (Phi) is 2.67. The van der Waals surface area contributed by atoms with Gasteiger partial charge in [-0.15, -0.1) is 10.2 Å². The van der Waals surface area contributed by atoms with Gasteiger partial charge < -0.3 is 10.3 Å². The molecule has 1 fully saturated rings. The third-order valence-corrected chi connectivity index (χ3v) is 4.57. The van der Waals surface area contributed by atoms with Gasteiger partial charge in [0.25, 0.3) is 0 Å². The van der Waals surface area contributed by atoms with E-state index in [4.69, 9.17) is 5.73 Å². The molecule has 1 aliphatic heterocycles. The van der Waals surface area contributed by atoms with Gasteiger partial charge in [-0.05, 0) is 25.2 Å². The van der Waals surface area contributed by atoms with Crippen LogP contribution in [-0.4, -0.2) is 38.3 Å². The van der Waals surface area contributed by atoms with Crippen LogP contribution in [0.25, 0.3) is 0 Å². The van der Waals surface area contributed by atoms with Crippen molar-refractivity contribution in [1.82, 2.24) is 19.7 Å². The predicted molar refractivity (Wildman–Crippen MR) is 65.2 cm³/mol. The van der Waals surface area contributed by atoms with E-state index in [2.05, 4.69) is 26.6 Å². The fourth-order valence-electron chi connectivity index (χ4n) is 3.28. The van der Waals surface area contributed by atoms with Crippen molar-refractivity contribution in [2.24, 2.45) is 11.7 Å².